The first-order chi connectivity index (χ1) is 16.5. The number of carbonyl (C=O) groups excluding carboxylic acids is 2. The van der Waals surface area contributed by atoms with E-state index in [2.05, 4.69) is 23.8 Å². The van der Waals surface area contributed by atoms with Crippen molar-refractivity contribution < 1.29 is 28.7 Å². The average molecular weight is 474 g/mol. The molecule has 0 amide bonds. The minimum Gasteiger partial charge on any atom is -0.469 e. The topological polar surface area (TPSA) is 108 Å². The van der Waals surface area contributed by atoms with E-state index in [1.165, 1.54) is 31.4 Å². The summed E-state index contributed by atoms with van der Waals surface area (Å²) >= 11 is 0. The van der Waals surface area contributed by atoms with Gasteiger partial charge in [-0.1, -0.05) is 44.4 Å². The van der Waals surface area contributed by atoms with Gasteiger partial charge in [0.25, 0.3) is 5.69 Å². The van der Waals surface area contributed by atoms with Crippen LogP contribution in [0.25, 0.3) is 0 Å². The molecule has 186 valence electrons. The molecular weight excluding hydrogens is 438 g/mol. The Morgan fingerprint density at radius 1 is 1.09 bits per heavy atom. The number of rotatable bonds is 16. The molecule has 0 saturated carbocycles. The third-order valence-electron chi connectivity index (χ3n) is 5.58. The van der Waals surface area contributed by atoms with Crippen LogP contribution in [0, 0.1) is 10.1 Å². The maximum absolute atomic E-state index is 12.6. The predicted octanol–water partition coefficient (Wildman–Crippen LogP) is 5.70. The number of carbonyl (C=O) groups is 2. The number of hydrogen-bond donors (Lipinski definition) is 0. The third-order valence-corrected chi connectivity index (χ3v) is 5.58. The zero-order valence-corrected chi connectivity index (χ0v) is 20.0. The highest BCUT2D eigenvalue weighted by Crippen LogP contribution is 2.32. The van der Waals surface area contributed by atoms with Gasteiger partial charge in [0.1, 0.15) is 12.2 Å². The number of nitrogens with zero attached hydrogens (tertiary/aromatic N) is 1. The maximum atomic E-state index is 12.6. The molecular formula is C26H35NO7. The average Bonchev–Trinajstić information content (AvgIpc) is 3.61. The molecule has 0 radical (unpaired) electrons. The smallest absolute Gasteiger partial charge is 0.338 e. The summed E-state index contributed by atoms with van der Waals surface area (Å²) < 4.78 is 16.1. The number of esters is 2. The molecule has 0 unspecified atom stereocenters. The van der Waals surface area contributed by atoms with Gasteiger partial charge in [-0.15, -0.1) is 0 Å². The number of non-ortho nitro benzene ring substituents is 1. The Kier molecular flexibility index (Phi) is 12.0. The summed E-state index contributed by atoms with van der Waals surface area (Å²) in [6.07, 6.45) is 15.4. The van der Waals surface area contributed by atoms with E-state index in [0.29, 0.717) is 6.42 Å². The molecule has 0 aliphatic carbocycles. The van der Waals surface area contributed by atoms with Crippen molar-refractivity contribution in [2.24, 2.45) is 0 Å². The van der Waals surface area contributed by atoms with Crippen LogP contribution in [-0.2, 0) is 19.0 Å². The summed E-state index contributed by atoms with van der Waals surface area (Å²) in [7, 11) is 1.40. The van der Waals surface area contributed by atoms with Gasteiger partial charge >= 0.3 is 11.9 Å². The van der Waals surface area contributed by atoms with Crippen LogP contribution < -0.4 is 0 Å². The highest BCUT2D eigenvalue weighted by Gasteiger charge is 2.45. The Labute approximate surface area is 201 Å². The molecule has 8 nitrogen and oxygen atoms in total. The molecule has 0 N–H and O–H groups in total. The molecule has 1 aromatic carbocycles. The van der Waals surface area contributed by atoms with Crippen LogP contribution in [-0.4, -0.2) is 42.3 Å². The van der Waals surface area contributed by atoms with Crippen molar-refractivity contribution in [2.45, 2.75) is 83.0 Å². The standard InChI is InChI=1S/C26H35NO7/c1-3-4-10-13-22-25(33-22)23(14-11-8-6-5-7-9-12-15-24(28)32-2)34-26(29)20-16-18-21(19-17-20)27(30)31/h4,10-11,14,16-19,22-23,25H,3,5-9,12-13,15H2,1-2H3/b10-4-,14-11-/t22-,23+,25+/m0/s1. The van der Waals surface area contributed by atoms with E-state index in [-0.39, 0.29) is 29.4 Å². The van der Waals surface area contributed by atoms with Gasteiger partial charge < -0.3 is 14.2 Å². The Balaban J connectivity index is 1.83. The number of unbranched alkanes of at least 4 members (excludes halogenated alkanes) is 5. The van der Waals surface area contributed by atoms with Crippen molar-refractivity contribution in [2.75, 3.05) is 7.11 Å². The second kappa shape index (κ2) is 15.0. The second-order valence-electron chi connectivity index (χ2n) is 8.24. The molecule has 1 heterocycles. The molecule has 1 aromatic rings. The van der Waals surface area contributed by atoms with Crippen LogP contribution >= 0.6 is 0 Å². The fraction of sp³-hybridized carbons (Fsp3) is 0.538. The minimum absolute atomic E-state index is 0.0110. The van der Waals surface area contributed by atoms with Gasteiger partial charge in [-0.2, -0.15) is 0 Å². The number of methoxy groups -OCH3 is 1. The van der Waals surface area contributed by atoms with Gasteiger partial charge in [-0.25, -0.2) is 4.79 Å². The summed E-state index contributed by atoms with van der Waals surface area (Å²) in [6.45, 7) is 2.07. The summed E-state index contributed by atoms with van der Waals surface area (Å²) in [4.78, 5) is 34.0. The van der Waals surface area contributed by atoms with E-state index in [4.69, 9.17) is 9.47 Å². The summed E-state index contributed by atoms with van der Waals surface area (Å²) in [5.41, 5.74) is 0.186. The lowest BCUT2D eigenvalue weighted by atomic mass is 10.1. The molecule has 34 heavy (non-hydrogen) atoms. The first-order valence-electron chi connectivity index (χ1n) is 12.0. The van der Waals surface area contributed by atoms with Crippen LogP contribution in [0.2, 0.25) is 0 Å². The van der Waals surface area contributed by atoms with E-state index in [9.17, 15) is 19.7 Å². The molecule has 1 aliphatic rings. The van der Waals surface area contributed by atoms with Gasteiger partial charge in [0.15, 0.2) is 0 Å². The predicted molar refractivity (Wildman–Crippen MR) is 128 cm³/mol. The summed E-state index contributed by atoms with van der Waals surface area (Å²) in [5, 5.41) is 10.8. The fourth-order valence-electron chi connectivity index (χ4n) is 3.55. The normalized spacial score (nSPS) is 18.2. The first-order valence-corrected chi connectivity index (χ1v) is 12.0. The summed E-state index contributed by atoms with van der Waals surface area (Å²) in [6, 6.07) is 5.38. The van der Waals surface area contributed by atoms with E-state index in [1.54, 1.807) is 0 Å². The van der Waals surface area contributed by atoms with Crippen molar-refractivity contribution in [1.29, 1.82) is 0 Å². The molecule has 2 rings (SSSR count). The Hall–Kier alpha value is -3.00. The number of allylic oxidation sites excluding steroid dienone is 2. The SMILES string of the molecule is CC/C=C\C[C@@H]1O[C@H]1[C@@H](/C=C\CCCCCCCC(=O)OC)OC(=O)c1ccc([N+](=O)[O-])cc1. The number of epoxide rings is 1. The molecule has 0 spiro atoms. The maximum Gasteiger partial charge on any atom is 0.338 e. The number of hydrogen-bond acceptors (Lipinski definition) is 7. The van der Waals surface area contributed by atoms with Crippen molar-refractivity contribution >= 4 is 17.6 Å². The molecule has 1 fully saturated rings. The molecule has 0 bridgehead atoms. The highest BCUT2D eigenvalue weighted by atomic mass is 16.6. The highest BCUT2D eigenvalue weighted by molar-refractivity contribution is 5.89. The zero-order chi connectivity index (χ0) is 24.8. The zero-order valence-electron chi connectivity index (χ0n) is 20.0. The van der Waals surface area contributed by atoms with Gasteiger partial charge in [0, 0.05) is 18.6 Å². The Morgan fingerprint density at radius 3 is 2.47 bits per heavy atom. The lowest BCUT2D eigenvalue weighted by Crippen LogP contribution is -2.23. The molecule has 3 atom stereocenters. The Bertz CT molecular complexity index is 847. The largest absolute Gasteiger partial charge is 0.469 e. The van der Waals surface area contributed by atoms with Gasteiger partial charge in [0.2, 0.25) is 0 Å². The number of ether oxygens (including phenoxy) is 3. The van der Waals surface area contributed by atoms with E-state index in [1.807, 2.05) is 12.2 Å². The van der Waals surface area contributed by atoms with Crippen LogP contribution in [0.15, 0.2) is 48.6 Å². The van der Waals surface area contributed by atoms with Crippen LogP contribution in [0.1, 0.15) is 75.1 Å². The van der Waals surface area contributed by atoms with E-state index in [0.717, 1.165) is 51.4 Å². The van der Waals surface area contributed by atoms with Gasteiger partial charge in [-0.3, -0.25) is 14.9 Å². The van der Waals surface area contributed by atoms with Crippen LogP contribution in [0.5, 0.6) is 0 Å². The van der Waals surface area contributed by atoms with Crippen molar-refractivity contribution in [3.8, 4) is 0 Å². The van der Waals surface area contributed by atoms with Crippen LogP contribution in [0.3, 0.4) is 0 Å². The monoisotopic (exact) mass is 473 g/mol. The lowest BCUT2D eigenvalue weighted by Gasteiger charge is -2.12. The van der Waals surface area contributed by atoms with Gasteiger partial charge in [-0.05, 0) is 50.3 Å². The Morgan fingerprint density at radius 2 is 1.79 bits per heavy atom. The lowest BCUT2D eigenvalue weighted by molar-refractivity contribution is -0.384. The number of nitro benzene ring substituents is 1. The molecule has 1 saturated heterocycles. The van der Waals surface area contributed by atoms with Crippen LogP contribution in [0.4, 0.5) is 5.69 Å². The number of nitro groups is 1. The van der Waals surface area contributed by atoms with Crippen molar-refractivity contribution in [3.05, 3.63) is 64.2 Å². The second-order valence-corrected chi connectivity index (χ2v) is 8.24. The first kappa shape index (κ1) is 27.2. The number of benzene rings is 1. The summed E-state index contributed by atoms with van der Waals surface area (Å²) in [5.74, 6) is -0.698. The molecule has 8 heteroatoms. The fourth-order valence-corrected chi connectivity index (χ4v) is 3.55. The van der Waals surface area contributed by atoms with Crippen molar-refractivity contribution in [3.63, 3.8) is 0 Å². The minimum atomic E-state index is -0.534. The van der Waals surface area contributed by atoms with Gasteiger partial charge in [0.05, 0.1) is 23.7 Å². The molecule has 0 aromatic heterocycles. The van der Waals surface area contributed by atoms with E-state index >= 15 is 0 Å². The van der Waals surface area contributed by atoms with E-state index < -0.39 is 17.0 Å². The van der Waals surface area contributed by atoms with Crippen molar-refractivity contribution in [1.82, 2.24) is 0 Å². The quantitative estimate of drug-likeness (QED) is 0.0756. The molecule has 1 aliphatic heterocycles. The third kappa shape index (κ3) is 9.87.